The van der Waals surface area contributed by atoms with Crippen molar-refractivity contribution in [2.45, 2.75) is 18.7 Å². The molecule has 86 valence electrons. The average Bonchev–Trinajstić information content (AvgIpc) is 2.60. The Morgan fingerprint density at radius 3 is 2.73 bits per heavy atom. The predicted octanol–water partition coefficient (Wildman–Crippen LogP) is 1.31. The van der Waals surface area contributed by atoms with Gasteiger partial charge in [-0.05, 0) is 35.0 Å². The molecule has 0 bridgehead atoms. The third-order valence-electron chi connectivity index (χ3n) is 1.86. The maximum atomic E-state index is 11.5. The molecule has 0 aromatic carbocycles. The molecule has 0 radical (unpaired) electrons. The summed E-state index contributed by atoms with van der Waals surface area (Å²) < 4.78 is 26.3. The number of hydrogen-bond donors (Lipinski definition) is 2. The number of thiophene rings is 1. The Morgan fingerprint density at radius 1 is 1.60 bits per heavy atom. The van der Waals surface area contributed by atoms with Crippen LogP contribution >= 0.6 is 27.3 Å². The van der Waals surface area contributed by atoms with E-state index in [1.54, 1.807) is 0 Å². The van der Waals surface area contributed by atoms with Crippen LogP contribution in [0.15, 0.2) is 15.9 Å². The van der Waals surface area contributed by atoms with E-state index < -0.39 is 15.3 Å². The average molecular weight is 314 g/mol. The minimum absolute atomic E-state index is 0.267. The highest BCUT2D eigenvalue weighted by atomic mass is 79.9. The largest absolute Gasteiger partial charge is 0.395 e. The molecule has 1 aromatic heterocycles. The normalized spacial score (nSPS) is 14.1. The van der Waals surface area contributed by atoms with Gasteiger partial charge in [-0.2, -0.15) is 0 Å². The van der Waals surface area contributed by atoms with Gasteiger partial charge in [-0.15, -0.1) is 11.3 Å². The first-order chi connectivity index (χ1) is 6.95. The summed E-state index contributed by atoms with van der Waals surface area (Å²) in [5.41, 5.74) is 0. The summed E-state index contributed by atoms with van der Waals surface area (Å²) in [5, 5.41) is 7.97. The van der Waals surface area contributed by atoms with Crippen LogP contribution in [-0.2, 0) is 16.6 Å². The molecule has 0 aliphatic carbocycles. The Labute approximate surface area is 102 Å². The van der Waals surface area contributed by atoms with E-state index in [0.717, 1.165) is 8.66 Å². The molecule has 1 unspecified atom stereocenters. The summed E-state index contributed by atoms with van der Waals surface area (Å²) in [6.07, 6.45) is 0. The fraction of sp³-hybridized carbons (Fsp3) is 0.500. The van der Waals surface area contributed by atoms with E-state index in [4.69, 9.17) is 5.11 Å². The zero-order chi connectivity index (χ0) is 11.5. The van der Waals surface area contributed by atoms with Crippen molar-refractivity contribution in [3.63, 3.8) is 0 Å². The van der Waals surface area contributed by atoms with Crippen LogP contribution in [0.2, 0.25) is 0 Å². The first-order valence-electron chi connectivity index (χ1n) is 4.29. The minimum Gasteiger partial charge on any atom is -0.395 e. The Balaban J connectivity index is 2.57. The second kappa shape index (κ2) is 5.40. The van der Waals surface area contributed by atoms with Crippen LogP contribution in [0.3, 0.4) is 0 Å². The quantitative estimate of drug-likeness (QED) is 0.861. The van der Waals surface area contributed by atoms with Gasteiger partial charge in [-0.3, -0.25) is 0 Å². The van der Waals surface area contributed by atoms with Gasteiger partial charge in [0.15, 0.2) is 0 Å². The lowest BCUT2D eigenvalue weighted by Crippen LogP contribution is -2.34. The fourth-order valence-corrected chi connectivity index (χ4v) is 3.21. The lowest BCUT2D eigenvalue weighted by molar-refractivity contribution is 0.295. The van der Waals surface area contributed by atoms with Crippen LogP contribution < -0.4 is 4.72 Å². The molecule has 0 fully saturated rings. The van der Waals surface area contributed by atoms with Crippen LogP contribution in [0.5, 0.6) is 0 Å². The summed E-state index contributed by atoms with van der Waals surface area (Å²) in [7, 11) is -3.41. The maximum absolute atomic E-state index is 11.5. The molecule has 0 aliphatic rings. The van der Waals surface area contributed by atoms with Crippen molar-refractivity contribution in [1.29, 1.82) is 0 Å². The number of hydrogen-bond acceptors (Lipinski definition) is 4. The summed E-state index contributed by atoms with van der Waals surface area (Å²) in [5.74, 6) is 0. The molecule has 4 nitrogen and oxygen atoms in total. The molecule has 1 rings (SSSR count). The predicted molar refractivity (Wildman–Crippen MR) is 64.3 cm³/mol. The molecular formula is C8H12BrNO3S2. The molecule has 2 N–H and O–H groups in total. The molecule has 0 saturated heterocycles. The van der Waals surface area contributed by atoms with Crippen LogP contribution in [-0.4, -0.2) is 25.4 Å². The second-order valence-electron chi connectivity index (χ2n) is 3.07. The van der Waals surface area contributed by atoms with Crippen LogP contribution in [0.1, 0.15) is 11.8 Å². The van der Waals surface area contributed by atoms with Crippen LogP contribution in [0, 0.1) is 0 Å². The van der Waals surface area contributed by atoms with Crippen molar-refractivity contribution >= 4 is 37.3 Å². The SMILES string of the molecule is CC(CO)S(=O)(=O)NCc1ccc(Br)s1. The lowest BCUT2D eigenvalue weighted by Gasteiger charge is -2.10. The molecule has 0 amide bonds. The van der Waals surface area contributed by atoms with E-state index in [9.17, 15) is 8.42 Å². The standard InChI is InChI=1S/C8H12BrNO3S2/c1-6(5-11)15(12,13)10-4-7-2-3-8(9)14-7/h2-3,6,10-11H,4-5H2,1H3. The molecule has 1 heterocycles. The minimum atomic E-state index is -3.41. The summed E-state index contributed by atoms with van der Waals surface area (Å²) in [6, 6.07) is 3.71. The molecule has 0 spiro atoms. The Morgan fingerprint density at radius 2 is 2.27 bits per heavy atom. The molecule has 0 aliphatic heterocycles. The second-order valence-corrected chi connectivity index (χ2v) is 7.80. The third-order valence-corrected chi connectivity index (χ3v) is 5.24. The number of nitrogens with one attached hydrogen (secondary N) is 1. The number of rotatable bonds is 5. The van der Waals surface area contributed by atoms with Gasteiger partial charge >= 0.3 is 0 Å². The van der Waals surface area contributed by atoms with Crippen molar-refractivity contribution < 1.29 is 13.5 Å². The first-order valence-corrected chi connectivity index (χ1v) is 7.45. The zero-order valence-corrected chi connectivity index (χ0v) is 11.3. The van der Waals surface area contributed by atoms with E-state index in [-0.39, 0.29) is 13.2 Å². The summed E-state index contributed by atoms with van der Waals surface area (Å²) >= 11 is 4.77. The third kappa shape index (κ3) is 3.84. The fourth-order valence-electron chi connectivity index (χ4n) is 0.859. The Kier molecular flexibility index (Phi) is 4.72. The zero-order valence-electron chi connectivity index (χ0n) is 8.10. The summed E-state index contributed by atoms with van der Waals surface area (Å²) in [4.78, 5) is 0.926. The molecule has 1 aromatic rings. The molecular weight excluding hydrogens is 302 g/mol. The van der Waals surface area contributed by atoms with E-state index >= 15 is 0 Å². The van der Waals surface area contributed by atoms with Crippen LogP contribution in [0.25, 0.3) is 0 Å². The van der Waals surface area contributed by atoms with Crippen molar-refractivity contribution in [1.82, 2.24) is 4.72 Å². The van der Waals surface area contributed by atoms with Gasteiger partial charge in [-0.25, -0.2) is 13.1 Å². The molecule has 1 atom stereocenters. The maximum Gasteiger partial charge on any atom is 0.216 e. The Bertz CT molecular complexity index is 415. The van der Waals surface area contributed by atoms with Crippen molar-refractivity contribution in [3.8, 4) is 0 Å². The number of aliphatic hydroxyl groups excluding tert-OH is 1. The highest BCUT2D eigenvalue weighted by Crippen LogP contribution is 2.21. The van der Waals surface area contributed by atoms with Gasteiger partial charge in [0.25, 0.3) is 0 Å². The highest BCUT2D eigenvalue weighted by molar-refractivity contribution is 9.11. The van der Waals surface area contributed by atoms with Crippen molar-refractivity contribution in [2.24, 2.45) is 0 Å². The van der Waals surface area contributed by atoms with Crippen LogP contribution in [0.4, 0.5) is 0 Å². The topological polar surface area (TPSA) is 66.4 Å². The number of aliphatic hydroxyl groups is 1. The van der Waals surface area contributed by atoms with E-state index in [1.807, 2.05) is 12.1 Å². The lowest BCUT2D eigenvalue weighted by atomic mass is 10.5. The van der Waals surface area contributed by atoms with Gasteiger partial charge < -0.3 is 5.11 Å². The number of halogens is 1. The van der Waals surface area contributed by atoms with Crippen molar-refractivity contribution in [2.75, 3.05) is 6.61 Å². The Hall–Kier alpha value is 0.0500. The van der Waals surface area contributed by atoms with Gasteiger partial charge in [0.1, 0.15) is 0 Å². The van der Waals surface area contributed by atoms with E-state index in [0.29, 0.717) is 0 Å². The molecule has 7 heteroatoms. The number of sulfonamides is 1. The summed E-state index contributed by atoms with van der Waals surface area (Å²) in [6.45, 7) is 1.36. The van der Waals surface area contributed by atoms with Gasteiger partial charge in [0.05, 0.1) is 15.6 Å². The van der Waals surface area contributed by atoms with Crippen molar-refractivity contribution in [3.05, 3.63) is 20.8 Å². The smallest absolute Gasteiger partial charge is 0.216 e. The first kappa shape index (κ1) is 13.1. The van der Waals surface area contributed by atoms with Gasteiger partial charge in [-0.1, -0.05) is 0 Å². The van der Waals surface area contributed by atoms with E-state index in [1.165, 1.54) is 18.3 Å². The molecule has 15 heavy (non-hydrogen) atoms. The van der Waals surface area contributed by atoms with E-state index in [2.05, 4.69) is 20.7 Å². The highest BCUT2D eigenvalue weighted by Gasteiger charge is 2.19. The monoisotopic (exact) mass is 313 g/mol. The van der Waals surface area contributed by atoms with Gasteiger partial charge in [0.2, 0.25) is 10.0 Å². The molecule has 0 saturated carbocycles. The van der Waals surface area contributed by atoms with Gasteiger partial charge in [0, 0.05) is 11.4 Å².